The fraction of sp³-hybridized carbons (Fsp3) is 0.471. The van der Waals surface area contributed by atoms with Gasteiger partial charge < -0.3 is 15.5 Å². The second kappa shape index (κ2) is 5.90. The number of carbonyl (C=O) groups excluding carboxylic acids is 1. The Morgan fingerprint density at radius 2 is 2.14 bits per heavy atom. The van der Waals surface area contributed by atoms with Crippen LogP contribution in [0, 0.1) is 0 Å². The maximum Gasteiger partial charge on any atom is 0.224 e. The average Bonchev–Trinajstić information content (AvgIpc) is 3.03. The first-order valence-electron chi connectivity index (χ1n) is 7.67. The van der Waals surface area contributed by atoms with Gasteiger partial charge in [0.15, 0.2) is 0 Å². The molecule has 0 saturated heterocycles. The Kier molecular flexibility index (Phi) is 3.97. The molecule has 1 aromatic carbocycles. The van der Waals surface area contributed by atoms with Crippen molar-refractivity contribution in [2.45, 2.75) is 45.1 Å². The largest absolute Gasteiger partial charge is 0.464 e. The maximum absolute atomic E-state index is 12.0. The molecule has 0 aliphatic heterocycles. The van der Waals surface area contributed by atoms with E-state index in [9.17, 15) is 4.79 Å². The predicted octanol–water partition coefficient (Wildman–Crippen LogP) is 2.32. The number of nitrogens with two attached hydrogens (primary N) is 1. The molecule has 0 bridgehead atoms. The van der Waals surface area contributed by atoms with Crippen LogP contribution in [0.3, 0.4) is 0 Å². The fourth-order valence-electron chi connectivity index (χ4n) is 2.96. The third-order valence-corrected chi connectivity index (χ3v) is 4.14. The van der Waals surface area contributed by atoms with E-state index >= 15 is 0 Å². The van der Waals surface area contributed by atoms with Gasteiger partial charge in [-0.15, -0.1) is 0 Å². The number of hydrogen-bond donors (Lipinski definition) is 2. The van der Waals surface area contributed by atoms with Gasteiger partial charge in [0, 0.05) is 23.5 Å². The van der Waals surface area contributed by atoms with Crippen molar-refractivity contribution in [3.63, 3.8) is 0 Å². The Morgan fingerprint density at radius 3 is 2.90 bits per heavy atom. The van der Waals surface area contributed by atoms with Crippen LogP contribution in [-0.2, 0) is 24.1 Å². The predicted molar refractivity (Wildman–Crippen MR) is 83.2 cm³/mol. The Morgan fingerprint density at radius 1 is 1.38 bits per heavy atom. The molecule has 0 radical (unpaired) electrons. The Balaban J connectivity index is 1.71. The summed E-state index contributed by atoms with van der Waals surface area (Å²) in [6.07, 6.45) is 6.37. The minimum atomic E-state index is 0.0267. The van der Waals surface area contributed by atoms with E-state index in [1.807, 2.05) is 6.92 Å². The first-order valence-corrected chi connectivity index (χ1v) is 7.67. The molecule has 0 saturated carbocycles. The van der Waals surface area contributed by atoms with Gasteiger partial charge in [0.25, 0.3) is 0 Å². The molecule has 1 atom stereocenters. The Hall–Kier alpha value is -1.81. The third-order valence-electron chi connectivity index (χ3n) is 4.14. The summed E-state index contributed by atoms with van der Waals surface area (Å²) >= 11 is 0. The Bertz CT molecular complexity index is 658. The SMILES string of the molecule is CC(N)CCNC(=O)Cc1coc2cc3c(cc12)CCC3. The van der Waals surface area contributed by atoms with Gasteiger partial charge in [-0.3, -0.25) is 4.79 Å². The molecule has 2 aromatic rings. The highest BCUT2D eigenvalue weighted by Gasteiger charge is 2.16. The summed E-state index contributed by atoms with van der Waals surface area (Å²) < 4.78 is 5.62. The van der Waals surface area contributed by atoms with Crippen LogP contribution in [0.2, 0.25) is 0 Å². The van der Waals surface area contributed by atoms with Crippen molar-refractivity contribution in [1.29, 1.82) is 0 Å². The smallest absolute Gasteiger partial charge is 0.224 e. The highest BCUT2D eigenvalue weighted by Crippen LogP contribution is 2.30. The molecular weight excluding hydrogens is 264 g/mol. The van der Waals surface area contributed by atoms with Crippen LogP contribution in [0.4, 0.5) is 0 Å². The van der Waals surface area contributed by atoms with Gasteiger partial charge in [-0.2, -0.15) is 0 Å². The van der Waals surface area contributed by atoms with Crippen LogP contribution in [0.15, 0.2) is 22.8 Å². The lowest BCUT2D eigenvalue weighted by Crippen LogP contribution is -2.29. The van der Waals surface area contributed by atoms with Crippen LogP contribution in [-0.4, -0.2) is 18.5 Å². The molecule has 0 fully saturated rings. The van der Waals surface area contributed by atoms with E-state index in [2.05, 4.69) is 17.4 Å². The highest BCUT2D eigenvalue weighted by atomic mass is 16.3. The van der Waals surface area contributed by atoms with Gasteiger partial charge in [-0.1, -0.05) is 0 Å². The molecular formula is C17H22N2O2. The molecule has 1 heterocycles. The second-order valence-corrected chi connectivity index (χ2v) is 6.02. The summed E-state index contributed by atoms with van der Waals surface area (Å²) in [6, 6.07) is 4.45. The highest BCUT2D eigenvalue weighted by molar-refractivity contribution is 5.88. The number of amides is 1. The average molecular weight is 286 g/mol. The lowest BCUT2D eigenvalue weighted by Gasteiger charge is -2.07. The van der Waals surface area contributed by atoms with E-state index in [1.165, 1.54) is 17.5 Å². The number of nitrogens with one attached hydrogen (secondary N) is 1. The molecule has 4 heteroatoms. The Labute approximate surface area is 124 Å². The van der Waals surface area contributed by atoms with Crippen LogP contribution in [0.1, 0.15) is 36.5 Å². The van der Waals surface area contributed by atoms with Crippen molar-refractivity contribution < 1.29 is 9.21 Å². The number of benzene rings is 1. The number of aryl methyl sites for hydroxylation is 2. The lowest BCUT2D eigenvalue weighted by molar-refractivity contribution is -0.120. The van der Waals surface area contributed by atoms with E-state index in [-0.39, 0.29) is 11.9 Å². The van der Waals surface area contributed by atoms with Gasteiger partial charge in [0.05, 0.1) is 12.7 Å². The number of carbonyl (C=O) groups is 1. The minimum Gasteiger partial charge on any atom is -0.464 e. The van der Waals surface area contributed by atoms with Crippen LogP contribution in [0.5, 0.6) is 0 Å². The zero-order valence-electron chi connectivity index (χ0n) is 12.4. The molecule has 4 nitrogen and oxygen atoms in total. The molecule has 1 aliphatic carbocycles. The summed E-state index contributed by atoms with van der Waals surface area (Å²) in [7, 11) is 0. The summed E-state index contributed by atoms with van der Waals surface area (Å²) in [5.74, 6) is 0.0267. The fourth-order valence-corrected chi connectivity index (χ4v) is 2.96. The molecule has 112 valence electrons. The number of rotatable bonds is 5. The van der Waals surface area contributed by atoms with Crippen LogP contribution >= 0.6 is 0 Å². The standard InChI is InChI=1S/C17H22N2O2/c1-11(18)5-6-19-17(20)9-14-10-21-16-8-13-4-2-3-12(13)7-15(14)16/h7-8,10-11H,2-6,9,18H2,1H3,(H,19,20). The topological polar surface area (TPSA) is 68.3 Å². The molecule has 1 aliphatic rings. The molecule has 3 rings (SSSR count). The molecule has 0 spiro atoms. The number of fused-ring (bicyclic) bond motifs is 2. The molecule has 1 aromatic heterocycles. The van der Waals surface area contributed by atoms with Gasteiger partial charge in [0.1, 0.15) is 5.58 Å². The van der Waals surface area contributed by atoms with Crippen molar-refractivity contribution in [3.8, 4) is 0 Å². The van der Waals surface area contributed by atoms with Crippen molar-refractivity contribution in [2.24, 2.45) is 5.73 Å². The summed E-state index contributed by atoms with van der Waals surface area (Å²) in [6.45, 7) is 2.57. The lowest BCUT2D eigenvalue weighted by atomic mass is 10.0. The monoisotopic (exact) mass is 286 g/mol. The van der Waals surface area contributed by atoms with E-state index in [4.69, 9.17) is 10.2 Å². The molecule has 3 N–H and O–H groups in total. The molecule has 1 unspecified atom stereocenters. The van der Waals surface area contributed by atoms with Crippen molar-refractivity contribution in [1.82, 2.24) is 5.32 Å². The zero-order chi connectivity index (χ0) is 14.8. The molecule has 1 amide bonds. The quantitative estimate of drug-likeness (QED) is 0.886. The first kappa shape index (κ1) is 14.1. The normalized spacial score (nSPS) is 15.1. The minimum absolute atomic E-state index is 0.0267. The van der Waals surface area contributed by atoms with Crippen LogP contribution < -0.4 is 11.1 Å². The second-order valence-electron chi connectivity index (χ2n) is 6.02. The van der Waals surface area contributed by atoms with Crippen molar-refractivity contribution >= 4 is 16.9 Å². The summed E-state index contributed by atoms with van der Waals surface area (Å²) in [5.41, 5.74) is 10.3. The summed E-state index contributed by atoms with van der Waals surface area (Å²) in [4.78, 5) is 12.0. The van der Waals surface area contributed by atoms with Gasteiger partial charge >= 0.3 is 0 Å². The van der Waals surface area contributed by atoms with E-state index < -0.39 is 0 Å². The molecule has 21 heavy (non-hydrogen) atoms. The number of furan rings is 1. The van der Waals surface area contributed by atoms with Gasteiger partial charge in [-0.05, 0) is 55.9 Å². The first-order chi connectivity index (χ1) is 10.1. The van der Waals surface area contributed by atoms with Crippen molar-refractivity contribution in [3.05, 3.63) is 35.1 Å². The summed E-state index contributed by atoms with van der Waals surface area (Å²) in [5, 5.41) is 3.99. The third kappa shape index (κ3) is 3.10. The maximum atomic E-state index is 12.0. The van der Waals surface area contributed by atoms with Crippen molar-refractivity contribution in [2.75, 3.05) is 6.54 Å². The van der Waals surface area contributed by atoms with Crippen LogP contribution in [0.25, 0.3) is 11.0 Å². The van der Waals surface area contributed by atoms with E-state index in [0.717, 1.165) is 35.8 Å². The van der Waals surface area contributed by atoms with E-state index in [0.29, 0.717) is 13.0 Å². The number of hydrogen-bond acceptors (Lipinski definition) is 3. The zero-order valence-corrected chi connectivity index (χ0v) is 12.4. The van der Waals surface area contributed by atoms with E-state index in [1.54, 1.807) is 6.26 Å². The van der Waals surface area contributed by atoms with Gasteiger partial charge in [-0.25, -0.2) is 0 Å². The van der Waals surface area contributed by atoms with Gasteiger partial charge in [0.2, 0.25) is 5.91 Å².